The summed E-state index contributed by atoms with van der Waals surface area (Å²) in [5.41, 5.74) is 4.12. The van der Waals surface area contributed by atoms with Crippen LogP contribution in [-0.4, -0.2) is 30.9 Å². The van der Waals surface area contributed by atoms with Crippen LogP contribution in [0.3, 0.4) is 0 Å². The van der Waals surface area contributed by atoms with Gasteiger partial charge in [-0.25, -0.2) is 23.1 Å². The van der Waals surface area contributed by atoms with Gasteiger partial charge in [-0.3, -0.25) is 4.79 Å². The topological polar surface area (TPSA) is 110 Å². The molecule has 0 aliphatic rings. The predicted octanol–water partition coefficient (Wildman–Crippen LogP) is 4.34. The molecule has 3 rings (SSSR count). The van der Waals surface area contributed by atoms with Gasteiger partial charge < -0.3 is 10.1 Å². The maximum Gasteiger partial charge on any atom is 0.264 e. The van der Waals surface area contributed by atoms with Gasteiger partial charge in [0.15, 0.2) is 6.61 Å². The first-order chi connectivity index (χ1) is 15.5. The van der Waals surface area contributed by atoms with E-state index < -0.39 is 10.0 Å². The average Bonchev–Trinajstić information content (AvgIpc) is 2.71. The van der Waals surface area contributed by atoms with Crippen LogP contribution in [0.4, 0.5) is 11.6 Å². The van der Waals surface area contributed by atoms with E-state index in [0.29, 0.717) is 28.7 Å². The minimum absolute atomic E-state index is 0.0127. The van der Waals surface area contributed by atoms with Gasteiger partial charge in [0.05, 0.1) is 4.90 Å². The highest BCUT2D eigenvalue weighted by atomic mass is 32.2. The van der Waals surface area contributed by atoms with Gasteiger partial charge in [-0.15, -0.1) is 0 Å². The number of nitrogens with one attached hydrogen (secondary N) is 2. The van der Waals surface area contributed by atoms with E-state index in [0.717, 1.165) is 5.56 Å². The summed E-state index contributed by atoms with van der Waals surface area (Å²) in [6.07, 6.45) is 0. The molecule has 0 radical (unpaired) electrons. The molecule has 0 aliphatic heterocycles. The number of carbonyl (C=O) groups is 1. The molecule has 0 aliphatic carbocycles. The highest BCUT2D eigenvalue weighted by Gasteiger charge is 2.16. The Hall–Kier alpha value is -3.46. The van der Waals surface area contributed by atoms with Gasteiger partial charge in [0, 0.05) is 17.1 Å². The number of hydrogen-bond donors (Lipinski definition) is 2. The lowest BCUT2D eigenvalue weighted by molar-refractivity contribution is -0.118. The van der Waals surface area contributed by atoms with Crippen LogP contribution in [0.5, 0.6) is 5.75 Å². The molecule has 174 valence electrons. The fourth-order valence-corrected chi connectivity index (χ4v) is 4.34. The smallest absolute Gasteiger partial charge is 0.264 e. The monoisotopic (exact) mass is 468 g/mol. The number of hydrogen-bond acceptors (Lipinski definition) is 6. The number of aromatic nitrogens is 2. The number of sulfonamides is 1. The summed E-state index contributed by atoms with van der Waals surface area (Å²) in [6, 6.07) is 13.3. The van der Waals surface area contributed by atoms with Crippen molar-refractivity contribution in [1.29, 1.82) is 0 Å². The van der Waals surface area contributed by atoms with E-state index in [1.165, 1.54) is 29.8 Å². The summed E-state index contributed by atoms with van der Waals surface area (Å²) in [7, 11) is -3.86. The summed E-state index contributed by atoms with van der Waals surface area (Å²) >= 11 is 0. The molecule has 9 heteroatoms. The van der Waals surface area contributed by atoms with Crippen LogP contribution in [0.1, 0.15) is 42.3 Å². The van der Waals surface area contributed by atoms with Crippen molar-refractivity contribution in [2.24, 2.45) is 0 Å². The molecule has 3 aromatic rings. The zero-order chi connectivity index (χ0) is 24.2. The summed E-state index contributed by atoms with van der Waals surface area (Å²) in [6.45, 7) is 9.62. The standard InChI is InChI=1S/C24H28N4O4S/c1-15(2)22-11-8-20(12-16(22)3)32-14-23(29)27-19-6-9-21(10-7-19)33(30,31)28-24-25-17(4)13-18(5)26-24/h6-13,15H,14H2,1-5H3,(H,27,29)(H,25,26,28). The van der Waals surface area contributed by atoms with E-state index in [1.807, 2.05) is 25.1 Å². The lowest BCUT2D eigenvalue weighted by atomic mass is 9.98. The minimum Gasteiger partial charge on any atom is -0.484 e. The lowest BCUT2D eigenvalue weighted by Crippen LogP contribution is -2.20. The molecule has 0 atom stereocenters. The second kappa shape index (κ2) is 9.99. The van der Waals surface area contributed by atoms with Crippen molar-refractivity contribution in [3.8, 4) is 5.75 Å². The van der Waals surface area contributed by atoms with Crippen molar-refractivity contribution in [2.75, 3.05) is 16.6 Å². The highest BCUT2D eigenvalue weighted by Crippen LogP contribution is 2.23. The average molecular weight is 469 g/mol. The van der Waals surface area contributed by atoms with Crippen LogP contribution in [0, 0.1) is 20.8 Å². The number of nitrogens with zero attached hydrogens (tertiary/aromatic N) is 2. The SMILES string of the molecule is Cc1cc(C)nc(NS(=O)(=O)c2ccc(NC(=O)COc3ccc(C(C)C)c(C)c3)cc2)n1. The molecule has 0 saturated heterocycles. The van der Waals surface area contributed by atoms with Crippen LogP contribution in [-0.2, 0) is 14.8 Å². The molecule has 1 amide bonds. The van der Waals surface area contributed by atoms with E-state index >= 15 is 0 Å². The number of benzene rings is 2. The van der Waals surface area contributed by atoms with Gasteiger partial charge >= 0.3 is 0 Å². The van der Waals surface area contributed by atoms with Crippen molar-refractivity contribution in [1.82, 2.24) is 9.97 Å². The normalized spacial score (nSPS) is 11.3. The number of ether oxygens (including phenoxy) is 1. The summed E-state index contributed by atoms with van der Waals surface area (Å²) in [4.78, 5) is 20.5. The maximum atomic E-state index is 12.6. The second-order valence-corrected chi connectivity index (χ2v) is 9.80. The Morgan fingerprint density at radius 3 is 2.18 bits per heavy atom. The van der Waals surface area contributed by atoms with Crippen molar-refractivity contribution < 1.29 is 17.9 Å². The molecule has 0 saturated carbocycles. The lowest BCUT2D eigenvalue weighted by Gasteiger charge is -2.13. The molecule has 0 fully saturated rings. The Balaban J connectivity index is 1.59. The fraction of sp³-hybridized carbons (Fsp3) is 0.292. The quantitative estimate of drug-likeness (QED) is 0.509. The minimum atomic E-state index is -3.86. The first-order valence-electron chi connectivity index (χ1n) is 10.5. The first kappa shape index (κ1) is 24.2. The van der Waals surface area contributed by atoms with Crippen LogP contribution in [0.2, 0.25) is 0 Å². The number of aryl methyl sites for hydroxylation is 3. The third-order valence-electron chi connectivity index (χ3n) is 4.89. The van der Waals surface area contributed by atoms with Gasteiger partial charge in [0.1, 0.15) is 5.75 Å². The van der Waals surface area contributed by atoms with Crippen molar-refractivity contribution in [3.05, 3.63) is 71.0 Å². The molecular formula is C24H28N4O4S. The Kier molecular flexibility index (Phi) is 7.33. The van der Waals surface area contributed by atoms with Crippen LogP contribution in [0.15, 0.2) is 53.4 Å². The molecule has 1 heterocycles. The summed E-state index contributed by atoms with van der Waals surface area (Å²) in [5, 5.41) is 2.70. The van der Waals surface area contributed by atoms with Gasteiger partial charge in [0.25, 0.3) is 15.9 Å². The molecular weight excluding hydrogens is 440 g/mol. The zero-order valence-electron chi connectivity index (χ0n) is 19.3. The van der Waals surface area contributed by atoms with E-state index in [4.69, 9.17) is 4.74 Å². The van der Waals surface area contributed by atoms with Crippen LogP contribution < -0.4 is 14.8 Å². The second-order valence-electron chi connectivity index (χ2n) is 8.11. The Labute approximate surface area is 194 Å². The van der Waals surface area contributed by atoms with Gasteiger partial charge in [-0.2, -0.15) is 0 Å². The summed E-state index contributed by atoms with van der Waals surface area (Å²) < 4.78 is 33.2. The van der Waals surface area contributed by atoms with Crippen molar-refractivity contribution in [3.63, 3.8) is 0 Å². The number of carbonyl (C=O) groups excluding carboxylic acids is 1. The predicted molar refractivity (Wildman–Crippen MR) is 128 cm³/mol. The van der Waals surface area contributed by atoms with E-state index in [1.54, 1.807) is 19.9 Å². The molecule has 0 unspecified atom stereocenters. The molecule has 2 aromatic carbocycles. The Bertz CT molecular complexity index is 1240. The zero-order valence-corrected chi connectivity index (χ0v) is 20.2. The van der Waals surface area contributed by atoms with Crippen molar-refractivity contribution in [2.45, 2.75) is 45.4 Å². The van der Waals surface area contributed by atoms with Crippen LogP contribution in [0.25, 0.3) is 0 Å². The summed E-state index contributed by atoms with van der Waals surface area (Å²) in [5.74, 6) is 0.697. The molecule has 8 nitrogen and oxygen atoms in total. The first-order valence-corrected chi connectivity index (χ1v) is 12.0. The molecule has 0 spiro atoms. The third kappa shape index (κ3) is 6.52. The van der Waals surface area contributed by atoms with E-state index in [9.17, 15) is 13.2 Å². The fourth-order valence-electron chi connectivity index (χ4n) is 3.40. The van der Waals surface area contributed by atoms with E-state index in [2.05, 4.69) is 33.9 Å². The van der Waals surface area contributed by atoms with Crippen molar-refractivity contribution >= 4 is 27.6 Å². The highest BCUT2D eigenvalue weighted by molar-refractivity contribution is 7.92. The van der Waals surface area contributed by atoms with Gasteiger partial charge in [-0.1, -0.05) is 19.9 Å². The molecule has 0 bridgehead atoms. The van der Waals surface area contributed by atoms with E-state index in [-0.39, 0.29) is 23.4 Å². The van der Waals surface area contributed by atoms with Gasteiger partial charge in [-0.05, 0) is 80.3 Å². The Morgan fingerprint density at radius 1 is 0.970 bits per heavy atom. The molecule has 2 N–H and O–H groups in total. The number of amides is 1. The van der Waals surface area contributed by atoms with Gasteiger partial charge in [0.2, 0.25) is 5.95 Å². The molecule has 1 aromatic heterocycles. The Morgan fingerprint density at radius 2 is 1.61 bits per heavy atom. The molecule has 33 heavy (non-hydrogen) atoms. The van der Waals surface area contributed by atoms with Crippen LogP contribution >= 0.6 is 0 Å². The number of rotatable bonds is 8. The third-order valence-corrected chi connectivity index (χ3v) is 6.23. The largest absolute Gasteiger partial charge is 0.484 e. The maximum absolute atomic E-state index is 12.6. The number of anilines is 2.